The van der Waals surface area contributed by atoms with Gasteiger partial charge in [0.25, 0.3) is 0 Å². The number of carbonyl (C=O) groups is 2. The molecule has 4 bridgehead atoms. The maximum absolute atomic E-state index is 13.1. The van der Waals surface area contributed by atoms with Crippen molar-refractivity contribution in [3.05, 3.63) is 16.5 Å². The molecule has 2 N–H and O–H groups in total. The molecule has 5 aliphatic rings. The molecule has 1 aromatic rings. The SMILES string of the molecule is O=C(O)c1c(C2CC2)csc1NC(=O)C12CC3CC(CC1C3)C2. The van der Waals surface area contributed by atoms with E-state index in [4.69, 9.17) is 0 Å². The predicted octanol–water partition coefficient (Wildman–Crippen LogP) is 4.09. The number of anilines is 1. The average Bonchev–Trinajstić information content (AvgIpc) is 3.14. The highest BCUT2D eigenvalue weighted by Crippen LogP contribution is 2.65. The van der Waals surface area contributed by atoms with Crippen LogP contribution in [-0.2, 0) is 4.79 Å². The molecule has 23 heavy (non-hydrogen) atoms. The maximum atomic E-state index is 13.1. The van der Waals surface area contributed by atoms with Gasteiger partial charge in [-0.05, 0) is 79.6 Å². The van der Waals surface area contributed by atoms with E-state index in [1.807, 2.05) is 5.38 Å². The minimum absolute atomic E-state index is 0.0962. The van der Waals surface area contributed by atoms with Crippen molar-refractivity contribution in [3.8, 4) is 0 Å². The van der Waals surface area contributed by atoms with Crippen LogP contribution in [0.25, 0.3) is 0 Å². The van der Waals surface area contributed by atoms with Gasteiger partial charge in [-0.25, -0.2) is 4.79 Å². The molecule has 0 aromatic carbocycles. The Hall–Kier alpha value is -1.36. The molecule has 0 aliphatic heterocycles. The third kappa shape index (κ3) is 1.95. The van der Waals surface area contributed by atoms with E-state index < -0.39 is 5.97 Å². The molecule has 0 radical (unpaired) electrons. The first kappa shape index (κ1) is 14.0. The molecular weight excluding hydrogens is 310 g/mol. The van der Waals surface area contributed by atoms with Crippen molar-refractivity contribution in [2.45, 2.75) is 50.9 Å². The number of hydrogen-bond donors (Lipinski definition) is 2. The third-order valence-electron chi connectivity index (χ3n) is 6.72. The van der Waals surface area contributed by atoms with Gasteiger partial charge in [0.15, 0.2) is 0 Å². The first-order valence-electron chi connectivity index (χ1n) is 8.73. The van der Waals surface area contributed by atoms with E-state index in [0.717, 1.165) is 43.1 Å². The van der Waals surface area contributed by atoms with Crippen molar-refractivity contribution in [2.75, 3.05) is 5.32 Å². The van der Waals surface area contributed by atoms with E-state index in [0.29, 0.717) is 22.4 Å². The number of amides is 1. The first-order chi connectivity index (χ1) is 11.1. The van der Waals surface area contributed by atoms with Crippen molar-refractivity contribution in [3.63, 3.8) is 0 Å². The second-order valence-electron chi connectivity index (χ2n) is 8.13. The van der Waals surface area contributed by atoms with Crippen molar-refractivity contribution in [1.29, 1.82) is 0 Å². The molecule has 2 atom stereocenters. The monoisotopic (exact) mass is 331 g/mol. The molecule has 5 fully saturated rings. The lowest BCUT2D eigenvalue weighted by atomic mass is 9.75. The summed E-state index contributed by atoms with van der Waals surface area (Å²) >= 11 is 1.39. The highest BCUT2D eigenvalue weighted by Gasteiger charge is 2.61. The van der Waals surface area contributed by atoms with Crippen molar-refractivity contribution in [1.82, 2.24) is 0 Å². The summed E-state index contributed by atoms with van der Waals surface area (Å²) in [6.07, 6.45) is 7.88. The summed E-state index contributed by atoms with van der Waals surface area (Å²) in [5.74, 6) is 1.56. The molecule has 0 saturated heterocycles. The number of carbonyl (C=O) groups excluding carboxylic acids is 1. The highest BCUT2D eigenvalue weighted by molar-refractivity contribution is 7.15. The fourth-order valence-electron chi connectivity index (χ4n) is 5.77. The van der Waals surface area contributed by atoms with E-state index >= 15 is 0 Å². The zero-order valence-electron chi connectivity index (χ0n) is 13.0. The van der Waals surface area contributed by atoms with Gasteiger partial charge < -0.3 is 10.4 Å². The van der Waals surface area contributed by atoms with Crippen LogP contribution < -0.4 is 5.32 Å². The fourth-order valence-corrected chi connectivity index (χ4v) is 6.80. The highest BCUT2D eigenvalue weighted by atomic mass is 32.1. The standard InChI is InChI=1S/C18H21NO3S/c20-16(21)14-13(11-1-2-11)8-23-15(14)19-17(22)18-6-9-3-10(7-18)5-12(18)4-9/h8-12H,1-7H2,(H,19,22)(H,20,21). The lowest BCUT2D eigenvalue weighted by Crippen LogP contribution is -2.37. The molecule has 5 saturated carbocycles. The van der Waals surface area contributed by atoms with Crippen LogP contribution in [-0.4, -0.2) is 17.0 Å². The Morgan fingerprint density at radius 2 is 1.87 bits per heavy atom. The van der Waals surface area contributed by atoms with Gasteiger partial charge in [-0.15, -0.1) is 11.3 Å². The number of rotatable bonds is 4. The van der Waals surface area contributed by atoms with Crippen LogP contribution in [0, 0.1) is 23.2 Å². The second kappa shape index (κ2) is 4.59. The second-order valence-corrected chi connectivity index (χ2v) is 9.01. The predicted molar refractivity (Wildman–Crippen MR) is 87.9 cm³/mol. The summed E-state index contributed by atoms with van der Waals surface area (Å²) < 4.78 is 0. The minimum Gasteiger partial charge on any atom is -0.478 e. The van der Waals surface area contributed by atoms with Gasteiger partial charge in [0, 0.05) is 0 Å². The lowest BCUT2D eigenvalue weighted by molar-refractivity contribution is -0.127. The molecule has 1 heterocycles. The zero-order valence-corrected chi connectivity index (χ0v) is 13.8. The van der Waals surface area contributed by atoms with Gasteiger partial charge in [0.1, 0.15) is 5.00 Å². The minimum atomic E-state index is -0.904. The van der Waals surface area contributed by atoms with Gasteiger partial charge in [-0.2, -0.15) is 0 Å². The zero-order chi connectivity index (χ0) is 15.8. The molecule has 0 spiro atoms. The molecule has 4 nitrogen and oxygen atoms in total. The Labute approximate surface area is 139 Å². The third-order valence-corrected chi connectivity index (χ3v) is 7.63. The number of carboxylic acid groups (broad SMARTS) is 1. The summed E-state index contributed by atoms with van der Waals surface area (Å²) in [6.45, 7) is 0. The molecule has 6 rings (SSSR count). The van der Waals surface area contributed by atoms with E-state index in [1.165, 1.54) is 30.6 Å². The molecule has 1 amide bonds. The maximum Gasteiger partial charge on any atom is 0.339 e. The van der Waals surface area contributed by atoms with Crippen LogP contribution in [0.4, 0.5) is 5.00 Å². The molecule has 122 valence electrons. The van der Waals surface area contributed by atoms with Crippen LogP contribution in [0.2, 0.25) is 0 Å². The average molecular weight is 331 g/mol. The molecule has 5 heteroatoms. The Bertz CT molecular complexity index is 691. The van der Waals surface area contributed by atoms with Crippen LogP contribution >= 0.6 is 11.3 Å². The largest absolute Gasteiger partial charge is 0.478 e. The summed E-state index contributed by atoms with van der Waals surface area (Å²) in [5, 5.41) is 15.1. The van der Waals surface area contributed by atoms with Crippen LogP contribution in [0.1, 0.15) is 66.8 Å². The Balaban J connectivity index is 1.44. The molecule has 5 aliphatic carbocycles. The van der Waals surface area contributed by atoms with E-state index in [1.54, 1.807) is 0 Å². The smallest absolute Gasteiger partial charge is 0.339 e. The Morgan fingerprint density at radius 1 is 1.17 bits per heavy atom. The molecule has 2 unspecified atom stereocenters. The number of hydrogen-bond acceptors (Lipinski definition) is 3. The normalized spacial score (nSPS) is 37.3. The topological polar surface area (TPSA) is 66.4 Å². The van der Waals surface area contributed by atoms with Gasteiger partial charge in [-0.1, -0.05) is 0 Å². The number of carboxylic acids is 1. The number of nitrogens with one attached hydrogen (secondary N) is 1. The summed E-state index contributed by atoms with van der Waals surface area (Å²) in [7, 11) is 0. The summed E-state index contributed by atoms with van der Waals surface area (Å²) in [4.78, 5) is 24.7. The number of aromatic carboxylic acids is 1. The number of thiophene rings is 1. The molecular formula is C18H21NO3S. The van der Waals surface area contributed by atoms with Gasteiger partial charge in [0.2, 0.25) is 5.91 Å². The van der Waals surface area contributed by atoms with Crippen LogP contribution in [0.5, 0.6) is 0 Å². The van der Waals surface area contributed by atoms with Crippen molar-refractivity contribution in [2.24, 2.45) is 23.2 Å². The van der Waals surface area contributed by atoms with Gasteiger partial charge in [0.05, 0.1) is 11.0 Å². The van der Waals surface area contributed by atoms with E-state index in [2.05, 4.69) is 5.32 Å². The first-order valence-corrected chi connectivity index (χ1v) is 9.61. The van der Waals surface area contributed by atoms with Crippen molar-refractivity contribution >= 4 is 28.2 Å². The fraction of sp³-hybridized carbons (Fsp3) is 0.667. The van der Waals surface area contributed by atoms with E-state index in [-0.39, 0.29) is 11.3 Å². The molecule has 1 aromatic heterocycles. The van der Waals surface area contributed by atoms with Crippen molar-refractivity contribution < 1.29 is 14.7 Å². The quantitative estimate of drug-likeness (QED) is 0.873. The van der Waals surface area contributed by atoms with Gasteiger partial charge in [-0.3, -0.25) is 4.79 Å². The Kier molecular flexibility index (Phi) is 2.80. The summed E-state index contributed by atoms with van der Waals surface area (Å²) in [6, 6.07) is 0. The Morgan fingerprint density at radius 3 is 2.48 bits per heavy atom. The van der Waals surface area contributed by atoms with Crippen LogP contribution in [0.3, 0.4) is 0 Å². The summed E-state index contributed by atoms with van der Waals surface area (Å²) in [5.41, 5.74) is 1.07. The lowest BCUT2D eigenvalue weighted by Gasteiger charge is -2.31. The van der Waals surface area contributed by atoms with E-state index in [9.17, 15) is 14.7 Å². The van der Waals surface area contributed by atoms with Crippen LogP contribution in [0.15, 0.2) is 5.38 Å². The van der Waals surface area contributed by atoms with Gasteiger partial charge >= 0.3 is 5.97 Å².